The molecule has 114 valence electrons. The zero-order chi connectivity index (χ0) is 13.9. The standard InChI is InChI=1S/C16H21N3O.ClH/c1-11-6-8-12(9-7-11)16-18-15(20-19-16)10-13-4-2-3-5-14(13)17;/h6-9,13-14H,2-5,10,17H2,1H3;1H. The van der Waals surface area contributed by atoms with Crippen LogP contribution in [0.1, 0.15) is 37.1 Å². The second-order valence-corrected chi connectivity index (χ2v) is 5.79. The highest BCUT2D eigenvalue weighted by Gasteiger charge is 2.24. The van der Waals surface area contributed by atoms with Gasteiger partial charge in [0.25, 0.3) is 0 Å². The molecular weight excluding hydrogens is 286 g/mol. The average Bonchev–Trinajstić information content (AvgIpc) is 2.91. The zero-order valence-corrected chi connectivity index (χ0v) is 13.1. The van der Waals surface area contributed by atoms with Crippen LogP contribution in [0.5, 0.6) is 0 Å². The normalized spacial score (nSPS) is 21.8. The summed E-state index contributed by atoms with van der Waals surface area (Å²) in [5, 5.41) is 4.08. The third kappa shape index (κ3) is 3.83. The Bertz CT molecular complexity index is 567. The van der Waals surface area contributed by atoms with Crippen molar-refractivity contribution in [3.63, 3.8) is 0 Å². The van der Waals surface area contributed by atoms with E-state index in [0.29, 0.717) is 17.6 Å². The van der Waals surface area contributed by atoms with Crippen molar-refractivity contribution in [1.29, 1.82) is 0 Å². The Hall–Kier alpha value is -1.39. The number of rotatable bonds is 3. The molecule has 0 saturated heterocycles. The van der Waals surface area contributed by atoms with E-state index in [1.807, 2.05) is 12.1 Å². The number of aromatic nitrogens is 2. The molecule has 1 heterocycles. The van der Waals surface area contributed by atoms with Gasteiger partial charge in [0, 0.05) is 18.0 Å². The lowest BCUT2D eigenvalue weighted by atomic mass is 9.83. The van der Waals surface area contributed by atoms with E-state index in [0.717, 1.165) is 18.4 Å². The molecule has 0 bridgehead atoms. The minimum atomic E-state index is 0. The fraction of sp³-hybridized carbons (Fsp3) is 0.500. The largest absolute Gasteiger partial charge is 0.339 e. The summed E-state index contributed by atoms with van der Waals surface area (Å²) in [4.78, 5) is 4.51. The summed E-state index contributed by atoms with van der Waals surface area (Å²) >= 11 is 0. The van der Waals surface area contributed by atoms with E-state index in [-0.39, 0.29) is 18.4 Å². The van der Waals surface area contributed by atoms with E-state index in [4.69, 9.17) is 10.3 Å². The number of aryl methyl sites for hydroxylation is 1. The molecule has 2 unspecified atom stereocenters. The molecule has 3 rings (SSSR count). The minimum Gasteiger partial charge on any atom is -0.339 e. The molecule has 4 nitrogen and oxygen atoms in total. The first-order chi connectivity index (χ1) is 9.72. The van der Waals surface area contributed by atoms with Crippen molar-refractivity contribution in [3.05, 3.63) is 35.7 Å². The average molecular weight is 308 g/mol. The Kier molecular flexibility index (Phi) is 5.37. The van der Waals surface area contributed by atoms with E-state index in [1.54, 1.807) is 0 Å². The van der Waals surface area contributed by atoms with Gasteiger partial charge in [0.2, 0.25) is 11.7 Å². The second-order valence-electron chi connectivity index (χ2n) is 5.79. The first kappa shape index (κ1) is 16.0. The lowest BCUT2D eigenvalue weighted by Crippen LogP contribution is -2.34. The van der Waals surface area contributed by atoms with Crippen LogP contribution in [-0.4, -0.2) is 16.2 Å². The van der Waals surface area contributed by atoms with Crippen molar-refractivity contribution in [2.24, 2.45) is 11.7 Å². The zero-order valence-electron chi connectivity index (χ0n) is 12.3. The van der Waals surface area contributed by atoms with Gasteiger partial charge in [-0.05, 0) is 25.7 Å². The van der Waals surface area contributed by atoms with Crippen molar-refractivity contribution >= 4 is 12.4 Å². The molecule has 0 radical (unpaired) electrons. The van der Waals surface area contributed by atoms with Gasteiger partial charge in [0.05, 0.1) is 0 Å². The van der Waals surface area contributed by atoms with Gasteiger partial charge in [-0.15, -0.1) is 12.4 Å². The van der Waals surface area contributed by atoms with Gasteiger partial charge >= 0.3 is 0 Å². The fourth-order valence-corrected chi connectivity index (χ4v) is 2.87. The summed E-state index contributed by atoms with van der Waals surface area (Å²) in [5.74, 6) is 1.86. The van der Waals surface area contributed by atoms with Crippen LogP contribution in [0.25, 0.3) is 11.4 Å². The van der Waals surface area contributed by atoms with E-state index in [2.05, 4.69) is 29.2 Å². The van der Waals surface area contributed by atoms with Gasteiger partial charge in [0.1, 0.15) is 0 Å². The minimum absolute atomic E-state index is 0. The van der Waals surface area contributed by atoms with Gasteiger partial charge in [-0.1, -0.05) is 47.8 Å². The molecule has 5 heteroatoms. The summed E-state index contributed by atoms with van der Waals surface area (Å²) in [6, 6.07) is 8.44. The van der Waals surface area contributed by atoms with Crippen molar-refractivity contribution < 1.29 is 4.52 Å². The molecule has 1 aliphatic rings. The maximum Gasteiger partial charge on any atom is 0.227 e. The predicted molar refractivity (Wildman–Crippen MR) is 85.4 cm³/mol. The van der Waals surface area contributed by atoms with E-state index >= 15 is 0 Å². The van der Waals surface area contributed by atoms with Crippen LogP contribution in [-0.2, 0) is 6.42 Å². The van der Waals surface area contributed by atoms with Gasteiger partial charge in [0.15, 0.2) is 0 Å². The number of hydrogen-bond acceptors (Lipinski definition) is 4. The number of nitrogens with zero attached hydrogens (tertiary/aromatic N) is 2. The number of halogens is 1. The smallest absolute Gasteiger partial charge is 0.227 e. The van der Waals surface area contributed by atoms with Crippen molar-refractivity contribution in [2.45, 2.75) is 45.1 Å². The molecular formula is C16H22ClN3O. The Morgan fingerprint density at radius 1 is 1.19 bits per heavy atom. The van der Waals surface area contributed by atoms with Gasteiger partial charge in [-0.3, -0.25) is 0 Å². The first-order valence-electron chi connectivity index (χ1n) is 7.37. The molecule has 1 aromatic heterocycles. The number of hydrogen-bond donors (Lipinski definition) is 1. The van der Waals surface area contributed by atoms with Crippen molar-refractivity contribution in [2.75, 3.05) is 0 Å². The lowest BCUT2D eigenvalue weighted by Gasteiger charge is -2.27. The van der Waals surface area contributed by atoms with Crippen molar-refractivity contribution in [3.8, 4) is 11.4 Å². The van der Waals surface area contributed by atoms with Crippen LogP contribution in [0.4, 0.5) is 0 Å². The molecule has 0 spiro atoms. The third-order valence-corrected chi connectivity index (χ3v) is 4.18. The number of benzene rings is 1. The van der Waals surface area contributed by atoms with Gasteiger partial charge < -0.3 is 10.3 Å². The monoisotopic (exact) mass is 307 g/mol. The Morgan fingerprint density at radius 3 is 2.62 bits per heavy atom. The maximum absolute atomic E-state index is 6.17. The SMILES string of the molecule is Cc1ccc(-c2noc(CC3CCCCC3N)n2)cc1.Cl. The summed E-state index contributed by atoms with van der Waals surface area (Å²) in [6.07, 6.45) is 5.60. The van der Waals surface area contributed by atoms with E-state index in [9.17, 15) is 0 Å². The van der Waals surface area contributed by atoms with Gasteiger partial charge in [-0.2, -0.15) is 4.98 Å². The summed E-state index contributed by atoms with van der Waals surface area (Å²) in [5.41, 5.74) is 8.40. The molecule has 2 aromatic rings. The quantitative estimate of drug-likeness (QED) is 0.942. The molecule has 1 fully saturated rings. The molecule has 2 atom stereocenters. The van der Waals surface area contributed by atoms with Crippen molar-refractivity contribution in [1.82, 2.24) is 10.1 Å². The first-order valence-corrected chi connectivity index (χ1v) is 7.37. The van der Waals surface area contributed by atoms with Crippen LogP contribution in [0.2, 0.25) is 0 Å². The number of nitrogens with two attached hydrogens (primary N) is 1. The predicted octanol–water partition coefficient (Wildman–Crippen LogP) is 3.53. The summed E-state index contributed by atoms with van der Waals surface area (Å²) in [7, 11) is 0. The highest BCUT2D eigenvalue weighted by atomic mass is 35.5. The summed E-state index contributed by atoms with van der Waals surface area (Å²) in [6.45, 7) is 2.07. The lowest BCUT2D eigenvalue weighted by molar-refractivity contribution is 0.273. The van der Waals surface area contributed by atoms with Crippen LogP contribution >= 0.6 is 12.4 Å². The van der Waals surface area contributed by atoms with Crippen LogP contribution in [0.3, 0.4) is 0 Å². The molecule has 0 amide bonds. The summed E-state index contributed by atoms with van der Waals surface area (Å²) < 4.78 is 5.38. The fourth-order valence-electron chi connectivity index (χ4n) is 2.87. The van der Waals surface area contributed by atoms with Crippen LogP contribution in [0.15, 0.2) is 28.8 Å². The molecule has 2 N–H and O–H groups in total. The maximum atomic E-state index is 6.17. The highest BCUT2D eigenvalue weighted by Crippen LogP contribution is 2.26. The molecule has 1 saturated carbocycles. The van der Waals surface area contributed by atoms with Crippen LogP contribution in [0, 0.1) is 12.8 Å². The molecule has 1 aliphatic carbocycles. The Balaban J connectivity index is 0.00000161. The third-order valence-electron chi connectivity index (χ3n) is 4.18. The van der Waals surface area contributed by atoms with E-state index in [1.165, 1.54) is 24.8 Å². The van der Waals surface area contributed by atoms with Crippen LogP contribution < -0.4 is 5.73 Å². The van der Waals surface area contributed by atoms with E-state index < -0.39 is 0 Å². The Morgan fingerprint density at radius 2 is 1.90 bits per heavy atom. The molecule has 0 aliphatic heterocycles. The second kappa shape index (κ2) is 7.05. The molecule has 21 heavy (non-hydrogen) atoms. The molecule has 1 aromatic carbocycles. The Labute approximate surface area is 131 Å². The highest BCUT2D eigenvalue weighted by molar-refractivity contribution is 5.85. The topological polar surface area (TPSA) is 64.9 Å². The van der Waals surface area contributed by atoms with Gasteiger partial charge in [-0.25, -0.2) is 0 Å².